The van der Waals surface area contributed by atoms with Crippen molar-refractivity contribution in [3.63, 3.8) is 0 Å². The summed E-state index contributed by atoms with van der Waals surface area (Å²) >= 11 is 0. The molecule has 21 heavy (non-hydrogen) atoms. The smallest absolute Gasteiger partial charge is 0.192 e. The molecule has 0 aliphatic heterocycles. The van der Waals surface area contributed by atoms with E-state index in [4.69, 9.17) is 9.53 Å². The largest absolute Gasteiger partial charge is 0.516 e. The standard InChI is InChI=1S/C18H28O2Si/c1-18(2,3)21(4,5)20-15-17-12-9-11-16(14-17)10-7-6-8-13-19/h6-9,11-14,19H,10,15H2,1-5H3. The van der Waals surface area contributed by atoms with E-state index >= 15 is 0 Å². The van der Waals surface area contributed by atoms with Gasteiger partial charge in [0.05, 0.1) is 12.9 Å². The van der Waals surface area contributed by atoms with Crippen LogP contribution < -0.4 is 0 Å². The van der Waals surface area contributed by atoms with E-state index in [1.54, 1.807) is 6.08 Å². The second-order valence-electron chi connectivity index (χ2n) is 6.84. The molecule has 0 spiro atoms. The van der Waals surface area contributed by atoms with E-state index < -0.39 is 8.32 Å². The zero-order valence-electron chi connectivity index (χ0n) is 13.9. The first kappa shape index (κ1) is 17.7. The Balaban J connectivity index is 2.65. The van der Waals surface area contributed by atoms with Gasteiger partial charge in [-0.1, -0.05) is 57.2 Å². The van der Waals surface area contributed by atoms with Crippen molar-refractivity contribution in [1.82, 2.24) is 0 Å². The molecule has 2 nitrogen and oxygen atoms in total. The van der Waals surface area contributed by atoms with Crippen LogP contribution in [0.3, 0.4) is 0 Å². The van der Waals surface area contributed by atoms with Gasteiger partial charge in [0.25, 0.3) is 0 Å². The summed E-state index contributed by atoms with van der Waals surface area (Å²) in [6.45, 7) is 12.0. The topological polar surface area (TPSA) is 29.5 Å². The summed E-state index contributed by atoms with van der Waals surface area (Å²) in [6, 6.07) is 8.51. The predicted molar refractivity (Wildman–Crippen MR) is 93.0 cm³/mol. The summed E-state index contributed by atoms with van der Waals surface area (Å²) < 4.78 is 6.25. The van der Waals surface area contributed by atoms with E-state index in [1.807, 2.05) is 12.2 Å². The maximum Gasteiger partial charge on any atom is 0.192 e. The Morgan fingerprint density at radius 3 is 2.43 bits per heavy atom. The maximum absolute atomic E-state index is 8.57. The molecule has 1 aromatic carbocycles. The second kappa shape index (κ2) is 7.62. The molecule has 0 saturated heterocycles. The van der Waals surface area contributed by atoms with Crippen molar-refractivity contribution in [2.24, 2.45) is 0 Å². The Bertz CT molecular complexity index is 496. The summed E-state index contributed by atoms with van der Waals surface area (Å²) in [6.07, 6.45) is 7.39. The first-order valence-corrected chi connectivity index (χ1v) is 10.3. The van der Waals surface area contributed by atoms with Crippen LogP contribution in [0.4, 0.5) is 0 Å². The number of hydrogen-bond donors (Lipinski definition) is 1. The lowest BCUT2D eigenvalue weighted by Crippen LogP contribution is -2.40. The van der Waals surface area contributed by atoms with Crippen molar-refractivity contribution >= 4 is 8.32 Å². The van der Waals surface area contributed by atoms with Crippen LogP contribution in [0.5, 0.6) is 0 Å². The van der Waals surface area contributed by atoms with Crippen molar-refractivity contribution in [3.8, 4) is 0 Å². The fourth-order valence-electron chi connectivity index (χ4n) is 1.66. The second-order valence-corrected chi connectivity index (χ2v) is 11.7. The van der Waals surface area contributed by atoms with Crippen molar-refractivity contribution < 1.29 is 9.53 Å². The van der Waals surface area contributed by atoms with Crippen LogP contribution in [0.15, 0.2) is 48.8 Å². The third kappa shape index (κ3) is 5.90. The minimum absolute atomic E-state index is 0.240. The quantitative estimate of drug-likeness (QED) is 0.434. The lowest BCUT2D eigenvalue weighted by atomic mass is 10.1. The SMILES string of the molecule is CC(C)(C)[Si](C)(C)OCc1cccc(CC=CC=CO)c1. The highest BCUT2D eigenvalue weighted by Crippen LogP contribution is 2.37. The Morgan fingerprint density at radius 2 is 1.81 bits per heavy atom. The molecule has 0 fully saturated rings. The molecule has 0 heterocycles. The molecular formula is C18H28O2Si. The summed E-state index contributed by atoms with van der Waals surface area (Å²) in [5, 5.41) is 8.81. The van der Waals surface area contributed by atoms with E-state index in [1.165, 1.54) is 11.1 Å². The van der Waals surface area contributed by atoms with Crippen LogP contribution in [0, 0.1) is 0 Å². The predicted octanol–water partition coefficient (Wildman–Crippen LogP) is 5.38. The highest BCUT2D eigenvalue weighted by Gasteiger charge is 2.36. The third-order valence-electron chi connectivity index (χ3n) is 4.08. The van der Waals surface area contributed by atoms with Crippen LogP contribution in [-0.2, 0) is 17.5 Å². The summed E-state index contributed by atoms with van der Waals surface area (Å²) in [7, 11) is -1.69. The summed E-state index contributed by atoms with van der Waals surface area (Å²) in [4.78, 5) is 0. The van der Waals surface area contributed by atoms with Gasteiger partial charge >= 0.3 is 0 Å². The molecule has 0 aliphatic rings. The molecule has 1 N–H and O–H groups in total. The number of aliphatic hydroxyl groups is 1. The van der Waals surface area contributed by atoms with Crippen molar-refractivity contribution in [3.05, 3.63) is 59.9 Å². The van der Waals surface area contributed by atoms with Crippen LogP contribution >= 0.6 is 0 Å². The number of aliphatic hydroxyl groups excluding tert-OH is 1. The van der Waals surface area contributed by atoms with Gasteiger partial charge in [0.15, 0.2) is 8.32 Å². The normalized spacial score (nSPS) is 13.4. The van der Waals surface area contributed by atoms with Gasteiger partial charge in [0, 0.05) is 0 Å². The van der Waals surface area contributed by atoms with Gasteiger partial charge in [0.2, 0.25) is 0 Å². The zero-order chi connectivity index (χ0) is 15.9. The van der Waals surface area contributed by atoms with Gasteiger partial charge in [-0.05, 0) is 41.8 Å². The Hall–Kier alpha value is -1.32. The number of rotatable bonds is 6. The van der Waals surface area contributed by atoms with Gasteiger partial charge in [0.1, 0.15) is 0 Å². The minimum atomic E-state index is -1.69. The molecule has 1 aromatic rings. The minimum Gasteiger partial charge on any atom is -0.516 e. The monoisotopic (exact) mass is 304 g/mol. The fraction of sp³-hybridized carbons (Fsp3) is 0.444. The van der Waals surface area contributed by atoms with Crippen LogP contribution in [-0.4, -0.2) is 13.4 Å². The zero-order valence-corrected chi connectivity index (χ0v) is 14.9. The molecule has 1 rings (SSSR count). The number of allylic oxidation sites excluding steroid dienone is 3. The third-order valence-corrected chi connectivity index (χ3v) is 8.56. The van der Waals surface area contributed by atoms with E-state index in [0.29, 0.717) is 6.61 Å². The highest BCUT2D eigenvalue weighted by atomic mass is 28.4. The highest BCUT2D eigenvalue weighted by molar-refractivity contribution is 6.74. The Morgan fingerprint density at radius 1 is 1.14 bits per heavy atom. The molecule has 0 aromatic heterocycles. The molecule has 0 atom stereocenters. The van der Waals surface area contributed by atoms with Gasteiger partial charge in [-0.3, -0.25) is 0 Å². The van der Waals surface area contributed by atoms with Crippen molar-refractivity contribution in [1.29, 1.82) is 0 Å². The lowest BCUT2D eigenvalue weighted by Gasteiger charge is -2.36. The van der Waals surface area contributed by atoms with E-state index in [0.717, 1.165) is 12.7 Å². The van der Waals surface area contributed by atoms with E-state index in [-0.39, 0.29) is 5.04 Å². The molecule has 116 valence electrons. The summed E-state index contributed by atoms with van der Waals surface area (Å²) in [5.41, 5.74) is 2.48. The van der Waals surface area contributed by atoms with Crippen LogP contribution in [0.2, 0.25) is 18.1 Å². The molecule has 0 bridgehead atoms. The van der Waals surface area contributed by atoms with E-state index in [2.05, 4.69) is 58.1 Å². The van der Waals surface area contributed by atoms with E-state index in [9.17, 15) is 0 Å². The van der Waals surface area contributed by atoms with Crippen LogP contribution in [0.25, 0.3) is 0 Å². The molecule has 0 saturated carbocycles. The fourth-order valence-corrected chi connectivity index (χ4v) is 2.62. The molecule has 0 unspecified atom stereocenters. The average molecular weight is 305 g/mol. The van der Waals surface area contributed by atoms with Gasteiger partial charge < -0.3 is 9.53 Å². The van der Waals surface area contributed by atoms with Crippen LogP contribution in [0.1, 0.15) is 31.9 Å². The first-order chi connectivity index (χ1) is 9.76. The first-order valence-electron chi connectivity index (χ1n) is 7.44. The van der Waals surface area contributed by atoms with Crippen molar-refractivity contribution in [2.45, 2.75) is 51.9 Å². The lowest BCUT2D eigenvalue weighted by molar-refractivity contribution is 0.276. The van der Waals surface area contributed by atoms with Gasteiger partial charge in [-0.25, -0.2) is 0 Å². The molecule has 0 amide bonds. The maximum atomic E-state index is 8.57. The molecule has 0 radical (unpaired) electrons. The Kier molecular flexibility index (Phi) is 6.43. The molecule has 3 heteroatoms. The summed E-state index contributed by atoms with van der Waals surface area (Å²) in [5.74, 6) is 0. The van der Waals surface area contributed by atoms with Gasteiger partial charge in [-0.15, -0.1) is 0 Å². The van der Waals surface area contributed by atoms with Gasteiger partial charge in [-0.2, -0.15) is 0 Å². The molecular weight excluding hydrogens is 276 g/mol. The number of benzene rings is 1. The Labute approximate surface area is 130 Å². The van der Waals surface area contributed by atoms with Crippen molar-refractivity contribution in [2.75, 3.05) is 0 Å². The molecule has 0 aliphatic carbocycles. The number of hydrogen-bond acceptors (Lipinski definition) is 2. The average Bonchev–Trinajstić information content (AvgIpc) is 2.41.